The van der Waals surface area contributed by atoms with Crippen molar-refractivity contribution >= 4 is 24.2 Å². The molecule has 0 spiro atoms. The maximum absolute atomic E-state index is 12.9. The number of nitrogens with zero attached hydrogens (tertiary/aromatic N) is 2. The fourth-order valence-corrected chi connectivity index (χ4v) is 3.17. The zero-order valence-electron chi connectivity index (χ0n) is 15.2. The lowest BCUT2D eigenvalue weighted by molar-refractivity contribution is -0.138. The van der Waals surface area contributed by atoms with Gasteiger partial charge < -0.3 is 20.6 Å². The Hall–Kier alpha value is -2.57. The van der Waals surface area contributed by atoms with Crippen molar-refractivity contribution in [2.24, 2.45) is 5.73 Å². The van der Waals surface area contributed by atoms with Gasteiger partial charge in [-0.1, -0.05) is 36.4 Å². The van der Waals surface area contributed by atoms with Crippen LogP contribution < -0.4 is 5.73 Å². The van der Waals surface area contributed by atoms with Crippen LogP contribution in [0.1, 0.15) is 22.8 Å². The van der Waals surface area contributed by atoms with Crippen LogP contribution in [0.25, 0.3) is 0 Å². The second-order valence-corrected chi connectivity index (χ2v) is 6.70. The second-order valence-electron chi connectivity index (χ2n) is 6.70. The van der Waals surface area contributed by atoms with Gasteiger partial charge in [-0.25, -0.2) is 0 Å². The van der Waals surface area contributed by atoms with Gasteiger partial charge in [-0.05, 0) is 30.7 Å². The summed E-state index contributed by atoms with van der Waals surface area (Å²) in [5.74, 6) is -0.230. The number of benzene rings is 2. The summed E-state index contributed by atoms with van der Waals surface area (Å²) in [4.78, 5) is 28.8. The van der Waals surface area contributed by atoms with Crippen LogP contribution in [0, 0.1) is 0 Å². The summed E-state index contributed by atoms with van der Waals surface area (Å²) < 4.78 is 0. The first kappa shape index (κ1) is 20.7. The predicted molar refractivity (Wildman–Crippen MR) is 106 cm³/mol. The minimum atomic E-state index is -1.10. The number of halogens is 1. The average molecular weight is 390 g/mol. The number of nitrogens with two attached hydrogens (primary N) is 1. The first-order chi connectivity index (χ1) is 12.4. The van der Waals surface area contributed by atoms with Gasteiger partial charge in [-0.2, -0.15) is 0 Å². The molecule has 2 aromatic carbocycles. The van der Waals surface area contributed by atoms with Crippen molar-refractivity contribution in [1.82, 2.24) is 9.80 Å². The van der Waals surface area contributed by atoms with Crippen molar-refractivity contribution in [2.45, 2.75) is 12.5 Å². The first-order valence-corrected chi connectivity index (χ1v) is 8.61. The van der Waals surface area contributed by atoms with Crippen molar-refractivity contribution in [3.05, 3.63) is 65.7 Å². The largest absolute Gasteiger partial charge is 0.508 e. The maximum atomic E-state index is 12.9. The number of carbonyl (C=O) groups is 2. The van der Waals surface area contributed by atoms with E-state index in [1.54, 1.807) is 28.9 Å². The molecule has 1 unspecified atom stereocenters. The van der Waals surface area contributed by atoms with Gasteiger partial charge >= 0.3 is 0 Å². The standard InChI is InChI=1S/C20H23N3O3.ClH/c1-20(21,16-7-3-2-4-8-16)19(26)23-12-10-22(11-13-23)18(25)15-6-5-9-17(24)14-15;/h2-9,14,24H,10-13,21H2,1H3;1H. The van der Waals surface area contributed by atoms with Crippen LogP contribution in [0.15, 0.2) is 54.6 Å². The van der Waals surface area contributed by atoms with E-state index in [2.05, 4.69) is 0 Å². The molecule has 0 saturated carbocycles. The monoisotopic (exact) mass is 389 g/mol. The minimum Gasteiger partial charge on any atom is -0.508 e. The van der Waals surface area contributed by atoms with E-state index in [1.807, 2.05) is 30.3 Å². The first-order valence-electron chi connectivity index (χ1n) is 8.61. The number of piperazine rings is 1. The molecule has 3 N–H and O–H groups in total. The molecule has 0 aromatic heterocycles. The van der Waals surface area contributed by atoms with Gasteiger partial charge in [-0.15, -0.1) is 12.4 Å². The van der Waals surface area contributed by atoms with E-state index in [1.165, 1.54) is 12.1 Å². The molecule has 144 valence electrons. The van der Waals surface area contributed by atoms with Crippen molar-refractivity contribution < 1.29 is 14.7 Å². The number of aromatic hydroxyl groups is 1. The lowest BCUT2D eigenvalue weighted by Gasteiger charge is -2.38. The molecule has 0 bridgehead atoms. The van der Waals surface area contributed by atoms with Gasteiger partial charge in [0.05, 0.1) is 0 Å². The number of carbonyl (C=O) groups excluding carboxylic acids is 2. The molecule has 7 heteroatoms. The SMILES string of the molecule is CC(N)(C(=O)N1CCN(C(=O)c2cccc(O)c2)CC1)c1ccccc1.Cl. The molecule has 27 heavy (non-hydrogen) atoms. The van der Waals surface area contributed by atoms with E-state index in [-0.39, 0.29) is 30.0 Å². The molecule has 1 atom stereocenters. The zero-order valence-corrected chi connectivity index (χ0v) is 16.0. The Labute approximate surface area is 165 Å². The van der Waals surface area contributed by atoms with Crippen molar-refractivity contribution in [3.63, 3.8) is 0 Å². The summed E-state index contributed by atoms with van der Waals surface area (Å²) in [6.07, 6.45) is 0. The lowest BCUT2D eigenvalue weighted by Crippen LogP contribution is -2.57. The molecule has 2 amide bonds. The number of phenolic OH excluding ortho intramolecular Hbond substituents is 1. The van der Waals surface area contributed by atoms with E-state index in [4.69, 9.17) is 5.73 Å². The molecule has 1 aliphatic heterocycles. The van der Waals surface area contributed by atoms with Gasteiger partial charge in [0.15, 0.2) is 0 Å². The molecule has 0 aliphatic carbocycles. The van der Waals surface area contributed by atoms with E-state index in [9.17, 15) is 14.7 Å². The Morgan fingerprint density at radius 1 is 0.963 bits per heavy atom. The van der Waals surface area contributed by atoms with Gasteiger partial charge in [0.2, 0.25) is 5.91 Å². The van der Waals surface area contributed by atoms with Gasteiger partial charge in [0.25, 0.3) is 5.91 Å². The number of rotatable bonds is 3. The number of amides is 2. The fourth-order valence-electron chi connectivity index (χ4n) is 3.17. The number of hydrogen-bond donors (Lipinski definition) is 2. The van der Waals surface area contributed by atoms with Gasteiger partial charge in [0.1, 0.15) is 11.3 Å². The Bertz CT molecular complexity index is 803. The molecule has 1 heterocycles. The normalized spacial score (nSPS) is 16.2. The van der Waals surface area contributed by atoms with E-state index in [0.29, 0.717) is 31.7 Å². The molecule has 6 nitrogen and oxygen atoms in total. The van der Waals surface area contributed by atoms with E-state index >= 15 is 0 Å². The average Bonchev–Trinajstić information content (AvgIpc) is 2.67. The highest BCUT2D eigenvalue weighted by Gasteiger charge is 2.36. The van der Waals surface area contributed by atoms with Crippen LogP contribution in [0.2, 0.25) is 0 Å². The van der Waals surface area contributed by atoms with Crippen LogP contribution in [0.4, 0.5) is 0 Å². The third kappa shape index (κ3) is 4.40. The van der Waals surface area contributed by atoms with Crippen LogP contribution in [0.3, 0.4) is 0 Å². The summed E-state index contributed by atoms with van der Waals surface area (Å²) in [5.41, 5.74) is 6.43. The Morgan fingerprint density at radius 2 is 1.56 bits per heavy atom. The summed E-state index contributed by atoms with van der Waals surface area (Å²) in [5, 5.41) is 9.54. The Balaban J connectivity index is 0.00000261. The number of hydrogen-bond acceptors (Lipinski definition) is 4. The third-order valence-corrected chi connectivity index (χ3v) is 4.76. The van der Waals surface area contributed by atoms with Crippen molar-refractivity contribution in [3.8, 4) is 5.75 Å². The van der Waals surface area contributed by atoms with Gasteiger partial charge in [0, 0.05) is 31.7 Å². The lowest BCUT2D eigenvalue weighted by atomic mass is 9.91. The maximum Gasteiger partial charge on any atom is 0.254 e. The summed E-state index contributed by atoms with van der Waals surface area (Å²) in [6, 6.07) is 15.6. The Kier molecular flexibility index (Phi) is 6.46. The molecule has 1 aliphatic rings. The highest BCUT2D eigenvalue weighted by molar-refractivity contribution is 5.95. The van der Waals surface area contributed by atoms with Crippen LogP contribution >= 0.6 is 12.4 Å². The molecular weight excluding hydrogens is 366 g/mol. The van der Waals surface area contributed by atoms with Crippen molar-refractivity contribution in [2.75, 3.05) is 26.2 Å². The van der Waals surface area contributed by atoms with E-state index < -0.39 is 5.54 Å². The molecule has 0 radical (unpaired) electrons. The van der Waals surface area contributed by atoms with Crippen molar-refractivity contribution in [1.29, 1.82) is 0 Å². The van der Waals surface area contributed by atoms with E-state index in [0.717, 1.165) is 5.56 Å². The highest BCUT2D eigenvalue weighted by atomic mass is 35.5. The van der Waals surface area contributed by atoms with Crippen LogP contribution in [-0.4, -0.2) is 52.9 Å². The smallest absolute Gasteiger partial charge is 0.254 e. The third-order valence-electron chi connectivity index (χ3n) is 4.76. The van der Waals surface area contributed by atoms with Crippen LogP contribution in [-0.2, 0) is 10.3 Å². The Morgan fingerprint density at radius 3 is 2.15 bits per heavy atom. The summed E-state index contributed by atoms with van der Waals surface area (Å²) in [7, 11) is 0. The molecule has 3 rings (SSSR count). The molecule has 2 aromatic rings. The minimum absolute atomic E-state index is 0. The van der Waals surface area contributed by atoms with Crippen LogP contribution in [0.5, 0.6) is 5.75 Å². The zero-order chi connectivity index (χ0) is 18.7. The molecule has 1 fully saturated rings. The number of phenols is 1. The predicted octanol–water partition coefficient (Wildman–Crippen LogP) is 1.97. The van der Waals surface area contributed by atoms with Gasteiger partial charge in [-0.3, -0.25) is 9.59 Å². The summed E-state index contributed by atoms with van der Waals surface area (Å²) >= 11 is 0. The molecule has 1 saturated heterocycles. The fraction of sp³-hybridized carbons (Fsp3) is 0.300. The second kappa shape index (κ2) is 8.41. The molecular formula is C20H24ClN3O3. The topological polar surface area (TPSA) is 86.9 Å². The summed E-state index contributed by atoms with van der Waals surface area (Å²) in [6.45, 7) is 3.46. The highest BCUT2D eigenvalue weighted by Crippen LogP contribution is 2.22. The quantitative estimate of drug-likeness (QED) is 0.840.